The maximum absolute atomic E-state index is 11.8. The molecule has 19 heavy (non-hydrogen) atoms. The van der Waals surface area contributed by atoms with Crippen LogP contribution in [0.4, 0.5) is 4.79 Å². The lowest BCUT2D eigenvalue weighted by Gasteiger charge is -2.24. The fourth-order valence-electron chi connectivity index (χ4n) is 2.47. The molecule has 0 saturated heterocycles. The van der Waals surface area contributed by atoms with E-state index in [4.69, 9.17) is 5.73 Å². The molecular weight excluding hydrogens is 242 g/mol. The lowest BCUT2D eigenvalue weighted by Crippen LogP contribution is -2.34. The van der Waals surface area contributed by atoms with Crippen LogP contribution >= 0.6 is 0 Å². The minimum atomic E-state index is -0.314. The zero-order chi connectivity index (χ0) is 14.2. The molecule has 1 atom stereocenters. The second-order valence-electron chi connectivity index (χ2n) is 4.92. The van der Waals surface area contributed by atoms with Crippen LogP contribution in [0.3, 0.4) is 0 Å². The minimum absolute atomic E-state index is 0.283. The van der Waals surface area contributed by atoms with Crippen molar-refractivity contribution in [3.8, 4) is 5.75 Å². The van der Waals surface area contributed by atoms with Crippen LogP contribution in [0.25, 0.3) is 0 Å². The van der Waals surface area contributed by atoms with E-state index in [-0.39, 0.29) is 17.8 Å². The molecular formula is C14H19N3O2. The molecule has 0 saturated carbocycles. The van der Waals surface area contributed by atoms with Gasteiger partial charge >= 0.3 is 6.03 Å². The van der Waals surface area contributed by atoms with Gasteiger partial charge in [0.25, 0.3) is 0 Å². The summed E-state index contributed by atoms with van der Waals surface area (Å²) < 4.78 is 0. The molecule has 0 bridgehead atoms. The SMILES string of the molecule is CCCN1C(=O)N=C(N)C1c1cc(C)c(O)c(C)c1. The first kappa shape index (κ1) is 13.4. The number of hydrogen-bond acceptors (Lipinski definition) is 3. The van der Waals surface area contributed by atoms with Gasteiger partial charge in [-0.2, -0.15) is 4.99 Å². The molecule has 1 aromatic rings. The average molecular weight is 261 g/mol. The summed E-state index contributed by atoms with van der Waals surface area (Å²) in [7, 11) is 0. The molecule has 1 heterocycles. The second kappa shape index (κ2) is 4.91. The number of rotatable bonds is 3. The van der Waals surface area contributed by atoms with E-state index in [1.807, 2.05) is 32.9 Å². The van der Waals surface area contributed by atoms with Crippen molar-refractivity contribution in [2.45, 2.75) is 33.2 Å². The van der Waals surface area contributed by atoms with Crippen molar-refractivity contribution >= 4 is 11.9 Å². The largest absolute Gasteiger partial charge is 0.507 e. The number of carbonyl (C=O) groups excluding carboxylic acids is 1. The van der Waals surface area contributed by atoms with E-state index in [2.05, 4.69) is 4.99 Å². The third-order valence-corrected chi connectivity index (χ3v) is 3.36. The van der Waals surface area contributed by atoms with Crippen molar-refractivity contribution < 1.29 is 9.90 Å². The summed E-state index contributed by atoms with van der Waals surface area (Å²) in [6.07, 6.45) is 0.848. The number of phenolic OH excluding ortho intramolecular Hbond substituents is 1. The standard InChI is InChI=1S/C14H19N3O2/c1-4-5-17-11(13(15)16-14(17)19)10-6-8(2)12(18)9(3)7-10/h6-7,11,18H,4-5H2,1-3H3,(H2,15,16,19). The average Bonchev–Trinajstić information content (AvgIpc) is 2.61. The summed E-state index contributed by atoms with van der Waals surface area (Å²) in [5, 5.41) is 9.82. The molecule has 0 fully saturated rings. The molecule has 2 rings (SSSR count). The van der Waals surface area contributed by atoms with E-state index in [0.29, 0.717) is 12.4 Å². The Morgan fingerprint density at radius 1 is 1.37 bits per heavy atom. The first-order valence-electron chi connectivity index (χ1n) is 6.40. The quantitative estimate of drug-likeness (QED) is 0.875. The molecule has 1 aliphatic heterocycles. The fourth-order valence-corrected chi connectivity index (χ4v) is 2.47. The lowest BCUT2D eigenvalue weighted by molar-refractivity contribution is 0.206. The number of aliphatic imine (C=N–C) groups is 1. The second-order valence-corrected chi connectivity index (χ2v) is 4.92. The Labute approximate surface area is 112 Å². The number of nitrogens with zero attached hydrogens (tertiary/aromatic N) is 2. The van der Waals surface area contributed by atoms with Crippen LogP contribution in [-0.2, 0) is 0 Å². The van der Waals surface area contributed by atoms with Gasteiger partial charge in [0, 0.05) is 6.54 Å². The van der Waals surface area contributed by atoms with E-state index in [1.165, 1.54) is 0 Å². The first-order chi connectivity index (χ1) is 8.95. The van der Waals surface area contributed by atoms with Crippen LogP contribution in [-0.4, -0.2) is 28.4 Å². The maximum atomic E-state index is 11.8. The van der Waals surface area contributed by atoms with Crippen LogP contribution < -0.4 is 5.73 Å². The third-order valence-electron chi connectivity index (χ3n) is 3.36. The predicted molar refractivity (Wildman–Crippen MR) is 74.3 cm³/mol. The smallest absolute Gasteiger partial charge is 0.346 e. The molecule has 0 aromatic heterocycles. The Kier molecular flexibility index (Phi) is 3.46. The first-order valence-corrected chi connectivity index (χ1v) is 6.40. The van der Waals surface area contributed by atoms with Crippen molar-refractivity contribution in [1.82, 2.24) is 4.90 Å². The number of aromatic hydroxyl groups is 1. The topological polar surface area (TPSA) is 78.9 Å². The van der Waals surface area contributed by atoms with Crippen molar-refractivity contribution in [1.29, 1.82) is 0 Å². The Morgan fingerprint density at radius 3 is 2.47 bits per heavy atom. The highest BCUT2D eigenvalue weighted by atomic mass is 16.3. The van der Waals surface area contributed by atoms with Crippen molar-refractivity contribution in [3.63, 3.8) is 0 Å². The zero-order valence-electron chi connectivity index (χ0n) is 11.5. The molecule has 102 valence electrons. The highest BCUT2D eigenvalue weighted by Gasteiger charge is 2.34. The number of phenols is 1. The van der Waals surface area contributed by atoms with Crippen LogP contribution in [0.1, 0.15) is 36.1 Å². The lowest BCUT2D eigenvalue weighted by atomic mass is 9.99. The molecule has 0 aliphatic carbocycles. The molecule has 5 heteroatoms. The van der Waals surface area contributed by atoms with Gasteiger partial charge in [-0.05, 0) is 49.1 Å². The van der Waals surface area contributed by atoms with E-state index >= 15 is 0 Å². The number of urea groups is 1. The van der Waals surface area contributed by atoms with E-state index < -0.39 is 0 Å². The predicted octanol–water partition coefficient (Wildman–Crippen LogP) is 2.25. The molecule has 1 unspecified atom stereocenters. The van der Waals surface area contributed by atoms with Gasteiger partial charge in [-0.3, -0.25) is 0 Å². The van der Waals surface area contributed by atoms with Crippen molar-refractivity contribution in [2.24, 2.45) is 10.7 Å². The van der Waals surface area contributed by atoms with Crippen LogP contribution in [0.15, 0.2) is 17.1 Å². The Balaban J connectivity index is 2.44. The van der Waals surface area contributed by atoms with Crippen LogP contribution in [0, 0.1) is 13.8 Å². The minimum Gasteiger partial charge on any atom is -0.507 e. The Bertz CT molecular complexity index is 529. The highest BCUT2D eigenvalue weighted by molar-refractivity contribution is 6.03. The highest BCUT2D eigenvalue weighted by Crippen LogP contribution is 2.32. The molecule has 0 spiro atoms. The molecule has 2 amide bonds. The number of hydrogen-bond donors (Lipinski definition) is 2. The summed E-state index contributed by atoms with van der Waals surface area (Å²) in [5.74, 6) is 0.605. The zero-order valence-corrected chi connectivity index (χ0v) is 11.5. The number of nitrogens with two attached hydrogens (primary N) is 1. The normalized spacial score (nSPS) is 18.9. The van der Waals surface area contributed by atoms with E-state index in [9.17, 15) is 9.90 Å². The third kappa shape index (κ3) is 2.28. The van der Waals surface area contributed by atoms with E-state index in [1.54, 1.807) is 4.90 Å². The number of aryl methyl sites for hydroxylation is 2. The number of carbonyl (C=O) groups is 1. The van der Waals surface area contributed by atoms with E-state index in [0.717, 1.165) is 23.1 Å². The monoisotopic (exact) mass is 261 g/mol. The van der Waals surface area contributed by atoms with Gasteiger partial charge < -0.3 is 15.7 Å². The molecule has 1 aromatic carbocycles. The van der Waals surface area contributed by atoms with Crippen molar-refractivity contribution in [3.05, 3.63) is 28.8 Å². The number of amidine groups is 1. The molecule has 3 N–H and O–H groups in total. The van der Waals surface area contributed by atoms with Crippen molar-refractivity contribution in [2.75, 3.05) is 6.54 Å². The molecule has 1 aliphatic rings. The molecule has 0 radical (unpaired) electrons. The number of amides is 2. The van der Waals surface area contributed by atoms with Gasteiger partial charge in [-0.15, -0.1) is 0 Å². The summed E-state index contributed by atoms with van der Waals surface area (Å²) in [5.41, 5.74) is 8.33. The van der Waals surface area contributed by atoms with Gasteiger partial charge in [0.05, 0.1) is 0 Å². The van der Waals surface area contributed by atoms with Gasteiger partial charge in [-0.25, -0.2) is 4.79 Å². The maximum Gasteiger partial charge on any atom is 0.346 e. The van der Waals surface area contributed by atoms with Crippen LogP contribution in [0.2, 0.25) is 0 Å². The van der Waals surface area contributed by atoms with Gasteiger partial charge in [0.2, 0.25) is 0 Å². The van der Waals surface area contributed by atoms with Gasteiger partial charge in [-0.1, -0.05) is 6.92 Å². The Morgan fingerprint density at radius 2 is 1.95 bits per heavy atom. The Hall–Kier alpha value is -2.04. The summed E-state index contributed by atoms with van der Waals surface area (Å²) >= 11 is 0. The van der Waals surface area contributed by atoms with Crippen LogP contribution in [0.5, 0.6) is 5.75 Å². The summed E-state index contributed by atoms with van der Waals surface area (Å²) in [6, 6.07) is 3.12. The molecule has 5 nitrogen and oxygen atoms in total. The fraction of sp³-hybridized carbons (Fsp3) is 0.429. The summed E-state index contributed by atoms with van der Waals surface area (Å²) in [6.45, 7) is 6.29. The van der Waals surface area contributed by atoms with Gasteiger partial charge in [0.1, 0.15) is 17.6 Å². The number of benzene rings is 1. The van der Waals surface area contributed by atoms with Gasteiger partial charge in [0.15, 0.2) is 0 Å². The summed E-state index contributed by atoms with van der Waals surface area (Å²) in [4.78, 5) is 17.3.